The van der Waals surface area contributed by atoms with Crippen LogP contribution in [0.25, 0.3) is 0 Å². The molecule has 1 fully saturated rings. The molecule has 0 unspecified atom stereocenters. The van der Waals surface area contributed by atoms with E-state index in [1.807, 2.05) is 6.07 Å². The SMILES string of the molecule is Cc1c(Cl)cccc1NC(=O)C(=O)NCC1CCN(C(=O)Oc2ccccc2)CC1. The number of ether oxygens (including phenoxy) is 1. The molecule has 2 aromatic carbocycles. The van der Waals surface area contributed by atoms with Crippen LogP contribution in [0.5, 0.6) is 5.75 Å². The zero-order valence-electron chi connectivity index (χ0n) is 16.7. The standard InChI is InChI=1S/C22H24ClN3O4/c1-15-18(23)8-5-9-19(15)25-21(28)20(27)24-14-16-10-12-26(13-11-16)22(29)30-17-6-3-2-4-7-17/h2-9,16H,10-14H2,1H3,(H,24,27)(H,25,28). The molecule has 1 saturated heterocycles. The van der Waals surface area contributed by atoms with E-state index in [-0.39, 0.29) is 12.0 Å². The van der Waals surface area contributed by atoms with Crippen molar-refractivity contribution in [1.29, 1.82) is 0 Å². The van der Waals surface area contributed by atoms with Crippen LogP contribution in [0.4, 0.5) is 10.5 Å². The molecule has 1 aliphatic rings. The molecule has 0 atom stereocenters. The lowest BCUT2D eigenvalue weighted by Gasteiger charge is -2.31. The molecule has 1 aliphatic heterocycles. The number of anilines is 1. The van der Waals surface area contributed by atoms with Crippen LogP contribution in [0.1, 0.15) is 18.4 Å². The molecular formula is C22H24ClN3O4. The van der Waals surface area contributed by atoms with Crippen LogP contribution >= 0.6 is 11.6 Å². The quantitative estimate of drug-likeness (QED) is 0.726. The number of hydrogen-bond acceptors (Lipinski definition) is 4. The van der Waals surface area contributed by atoms with Crippen molar-refractivity contribution in [1.82, 2.24) is 10.2 Å². The molecule has 3 rings (SSSR count). The number of carbonyl (C=O) groups excluding carboxylic acids is 3. The number of nitrogens with zero attached hydrogens (tertiary/aromatic N) is 1. The van der Waals surface area contributed by atoms with E-state index in [0.29, 0.717) is 41.7 Å². The summed E-state index contributed by atoms with van der Waals surface area (Å²) < 4.78 is 5.35. The maximum Gasteiger partial charge on any atom is 0.415 e. The Kier molecular flexibility index (Phi) is 7.30. The van der Waals surface area contributed by atoms with Gasteiger partial charge in [0.1, 0.15) is 5.75 Å². The van der Waals surface area contributed by atoms with Crippen LogP contribution < -0.4 is 15.4 Å². The number of amides is 3. The van der Waals surface area contributed by atoms with Crippen molar-refractivity contribution < 1.29 is 19.1 Å². The van der Waals surface area contributed by atoms with Gasteiger partial charge in [-0.2, -0.15) is 0 Å². The summed E-state index contributed by atoms with van der Waals surface area (Å²) in [6.07, 6.45) is 1.07. The minimum atomic E-state index is -0.732. The fourth-order valence-electron chi connectivity index (χ4n) is 3.21. The van der Waals surface area contributed by atoms with E-state index in [4.69, 9.17) is 16.3 Å². The molecule has 0 bridgehead atoms. The first kappa shape index (κ1) is 21.6. The number of nitrogens with one attached hydrogen (secondary N) is 2. The van der Waals surface area contributed by atoms with Gasteiger partial charge in [-0.15, -0.1) is 0 Å². The molecule has 30 heavy (non-hydrogen) atoms. The molecule has 8 heteroatoms. The summed E-state index contributed by atoms with van der Waals surface area (Å²) in [6.45, 7) is 3.23. The molecular weight excluding hydrogens is 406 g/mol. The normalized spacial score (nSPS) is 14.1. The number of carbonyl (C=O) groups is 3. The van der Waals surface area contributed by atoms with Gasteiger partial charge in [-0.3, -0.25) is 9.59 Å². The van der Waals surface area contributed by atoms with Gasteiger partial charge in [0, 0.05) is 30.3 Å². The third-order valence-corrected chi connectivity index (χ3v) is 5.50. The lowest BCUT2D eigenvalue weighted by molar-refractivity contribution is -0.136. The Hall–Kier alpha value is -3.06. The smallest absolute Gasteiger partial charge is 0.410 e. The Bertz CT molecular complexity index is 912. The van der Waals surface area contributed by atoms with Crippen LogP contribution in [0.3, 0.4) is 0 Å². The number of piperidine rings is 1. The average Bonchev–Trinajstić information content (AvgIpc) is 2.76. The van der Waals surface area contributed by atoms with Crippen LogP contribution in [-0.4, -0.2) is 42.4 Å². The number of halogens is 1. The summed E-state index contributed by atoms with van der Waals surface area (Å²) in [7, 11) is 0. The highest BCUT2D eigenvalue weighted by Crippen LogP contribution is 2.23. The third kappa shape index (κ3) is 5.73. The zero-order valence-corrected chi connectivity index (χ0v) is 17.4. The van der Waals surface area contributed by atoms with Gasteiger partial charge in [0.15, 0.2) is 0 Å². The summed E-state index contributed by atoms with van der Waals surface area (Å²) >= 11 is 6.03. The number of likely N-dealkylation sites (tertiary alicyclic amines) is 1. The van der Waals surface area contributed by atoms with Crippen molar-refractivity contribution in [3.8, 4) is 5.75 Å². The summed E-state index contributed by atoms with van der Waals surface area (Å²) in [4.78, 5) is 38.1. The van der Waals surface area contributed by atoms with Crippen LogP contribution in [0.15, 0.2) is 48.5 Å². The Labute approximate surface area is 180 Å². The number of para-hydroxylation sites is 1. The van der Waals surface area contributed by atoms with E-state index in [2.05, 4.69) is 10.6 Å². The highest BCUT2D eigenvalue weighted by molar-refractivity contribution is 6.40. The van der Waals surface area contributed by atoms with E-state index in [9.17, 15) is 14.4 Å². The van der Waals surface area contributed by atoms with E-state index < -0.39 is 11.8 Å². The Morgan fingerprint density at radius 1 is 1.03 bits per heavy atom. The summed E-state index contributed by atoms with van der Waals surface area (Å²) in [5, 5.41) is 5.77. The first-order valence-electron chi connectivity index (χ1n) is 9.80. The molecule has 1 heterocycles. The van der Waals surface area contributed by atoms with Crippen molar-refractivity contribution >= 4 is 35.2 Å². The van der Waals surface area contributed by atoms with Crippen molar-refractivity contribution in [3.63, 3.8) is 0 Å². The van der Waals surface area contributed by atoms with Gasteiger partial charge >= 0.3 is 17.9 Å². The fourth-order valence-corrected chi connectivity index (χ4v) is 3.39. The van der Waals surface area contributed by atoms with Gasteiger partial charge in [-0.05, 0) is 55.5 Å². The van der Waals surface area contributed by atoms with Crippen molar-refractivity contribution in [2.75, 3.05) is 25.0 Å². The van der Waals surface area contributed by atoms with E-state index in [1.54, 1.807) is 54.3 Å². The van der Waals surface area contributed by atoms with Gasteiger partial charge in [-0.25, -0.2) is 4.79 Å². The first-order chi connectivity index (χ1) is 14.4. The molecule has 0 radical (unpaired) electrons. The molecule has 0 spiro atoms. The highest BCUT2D eigenvalue weighted by atomic mass is 35.5. The Balaban J connectivity index is 1.40. The number of rotatable bonds is 4. The second kappa shape index (κ2) is 10.1. The van der Waals surface area contributed by atoms with Gasteiger partial charge < -0.3 is 20.3 Å². The third-order valence-electron chi connectivity index (χ3n) is 5.09. The topological polar surface area (TPSA) is 87.7 Å². The molecule has 0 aliphatic carbocycles. The van der Waals surface area contributed by atoms with E-state index >= 15 is 0 Å². The number of hydrogen-bond donors (Lipinski definition) is 2. The summed E-state index contributed by atoms with van der Waals surface area (Å²) in [6, 6.07) is 14.0. The summed E-state index contributed by atoms with van der Waals surface area (Å²) in [5.74, 6) is -0.724. The largest absolute Gasteiger partial charge is 0.415 e. The predicted molar refractivity (Wildman–Crippen MR) is 115 cm³/mol. The maximum absolute atomic E-state index is 12.2. The van der Waals surface area contributed by atoms with Crippen molar-refractivity contribution in [2.24, 2.45) is 5.92 Å². The van der Waals surface area contributed by atoms with Crippen LogP contribution in [0, 0.1) is 12.8 Å². The average molecular weight is 430 g/mol. The molecule has 2 aromatic rings. The minimum absolute atomic E-state index is 0.190. The second-order valence-corrected chi connectivity index (χ2v) is 7.60. The van der Waals surface area contributed by atoms with Crippen LogP contribution in [-0.2, 0) is 9.59 Å². The highest BCUT2D eigenvalue weighted by Gasteiger charge is 2.25. The van der Waals surface area contributed by atoms with Crippen molar-refractivity contribution in [2.45, 2.75) is 19.8 Å². The molecule has 2 N–H and O–H groups in total. The van der Waals surface area contributed by atoms with E-state index in [0.717, 1.165) is 12.8 Å². The predicted octanol–water partition coefficient (Wildman–Crippen LogP) is 3.61. The monoisotopic (exact) mass is 429 g/mol. The Morgan fingerprint density at radius 2 is 1.73 bits per heavy atom. The van der Waals surface area contributed by atoms with Gasteiger partial charge in [-0.1, -0.05) is 35.9 Å². The van der Waals surface area contributed by atoms with E-state index in [1.165, 1.54) is 0 Å². The van der Waals surface area contributed by atoms with Gasteiger partial charge in [0.25, 0.3) is 0 Å². The summed E-state index contributed by atoms with van der Waals surface area (Å²) in [5.41, 5.74) is 1.21. The molecule has 7 nitrogen and oxygen atoms in total. The second-order valence-electron chi connectivity index (χ2n) is 7.19. The maximum atomic E-state index is 12.2. The minimum Gasteiger partial charge on any atom is -0.410 e. The van der Waals surface area contributed by atoms with Crippen molar-refractivity contribution in [3.05, 3.63) is 59.1 Å². The Morgan fingerprint density at radius 3 is 2.43 bits per heavy atom. The van der Waals surface area contributed by atoms with Crippen LogP contribution in [0.2, 0.25) is 5.02 Å². The molecule has 158 valence electrons. The molecule has 3 amide bonds. The lowest BCUT2D eigenvalue weighted by Crippen LogP contribution is -2.44. The lowest BCUT2D eigenvalue weighted by atomic mass is 9.97. The zero-order chi connectivity index (χ0) is 21.5. The molecule has 0 saturated carbocycles. The van der Waals surface area contributed by atoms with Gasteiger partial charge in [0.2, 0.25) is 0 Å². The number of benzene rings is 2. The van der Waals surface area contributed by atoms with Gasteiger partial charge in [0.05, 0.1) is 0 Å². The molecule has 0 aromatic heterocycles. The first-order valence-corrected chi connectivity index (χ1v) is 10.2. The fraction of sp³-hybridized carbons (Fsp3) is 0.318.